The van der Waals surface area contributed by atoms with Gasteiger partial charge in [0.2, 0.25) is 0 Å². The van der Waals surface area contributed by atoms with Gasteiger partial charge in [0.15, 0.2) is 0 Å². The van der Waals surface area contributed by atoms with E-state index in [1.165, 1.54) is 0 Å². The van der Waals surface area contributed by atoms with Crippen molar-refractivity contribution in [3.05, 3.63) is 52.8 Å². The van der Waals surface area contributed by atoms with Gasteiger partial charge in [-0.15, -0.1) is 0 Å². The Labute approximate surface area is 98.9 Å². The van der Waals surface area contributed by atoms with E-state index in [1.807, 2.05) is 36.4 Å². The topological polar surface area (TPSA) is 62.0 Å². The normalized spacial score (nSPS) is 9.65. The zero-order valence-electron chi connectivity index (χ0n) is 9.14. The third-order valence-electron chi connectivity index (χ3n) is 2.37. The van der Waals surface area contributed by atoms with E-state index in [0.29, 0.717) is 12.8 Å². The van der Waals surface area contributed by atoms with E-state index in [2.05, 4.69) is 10.3 Å². The molecule has 0 atom stereocenters. The van der Waals surface area contributed by atoms with E-state index in [-0.39, 0.29) is 12.0 Å². The predicted octanol–water partition coefficient (Wildman–Crippen LogP) is 1.46. The number of aromatic nitrogens is 1. The average molecular weight is 226 g/mol. The molecule has 0 unspecified atom stereocenters. The number of aromatic amines is 1. The van der Waals surface area contributed by atoms with Crippen LogP contribution >= 0.6 is 0 Å². The number of pyridine rings is 1. The minimum atomic E-state index is -0.229. The Morgan fingerprint density at radius 1 is 1.12 bits per heavy atom. The summed E-state index contributed by atoms with van der Waals surface area (Å²) >= 11 is 0. The van der Waals surface area contributed by atoms with Crippen LogP contribution in [0.5, 0.6) is 0 Å². The van der Waals surface area contributed by atoms with Crippen LogP contribution in [-0.4, -0.2) is 18.6 Å². The molecule has 2 aromatic rings. The standard InChI is InChI=1S/C12H11BN2O2/c16-12-11(14-8-13-17)7-6-10(15-12)9-4-2-1-3-5-9/h1-7,14H,8H2,(H,15,16). The molecule has 84 valence electrons. The summed E-state index contributed by atoms with van der Waals surface area (Å²) in [7, 11) is 0.713. The average Bonchev–Trinajstić information content (AvgIpc) is 2.38. The van der Waals surface area contributed by atoms with Crippen LogP contribution in [0.2, 0.25) is 0 Å². The molecule has 0 aliphatic heterocycles. The maximum atomic E-state index is 11.7. The second-order valence-electron chi connectivity index (χ2n) is 3.53. The first-order valence-electron chi connectivity index (χ1n) is 5.27. The fraction of sp³-hybridized carbons (Fsp3) is 0.0833. The van der Waals surface area contributed by atoms with Gasteiger partial charge >= 0.3 is 98.4 Å². The summed E-state index contributed by atoms with van der Waals surface area (Å²) < 4.78 is 10.2. The molecule has 1 aromatic heterocycles. The summed E-state index contributed by atoms with van der Waals surface area (Å²) in [6.45, 7) is 0. The van der Waals surface area contributed by atoms with Crippen LogP contribution in [0.15, 0.2) is 47.3 Å². The summed E-state index contributed by atoms with van der Waals surface area (Å²) in [5.41, 5.74) is 1.88. The van der Waals surface area contributed by atoms with Crippen molar-refractivity contribution in [1.82, 2.24) is 4.98 Å². The van der Waals surface area contributed by atoms with Gasteiger partial charge in [0.25, 0.3) is 0 Å². The van der Waals surface area contributed by atoms with E-state index >= 15 is 0 Å². The first-order valence-corrected chi connectivity index (χ1v) is 5.27. The molecule has 0 amide bonds. The monoisotopic (exact) mass is 226 g/mol. The molecule has 17 heavy (non-hydrogen) atoms. The van der Waals surface area contributed by atoms with Crippen molar-refractivity contribution in [3.8, 4) is 11.3 Å². The van der Waals surface area contributed by atoms with Gasteiger partial charge in [-0.05, 0) is 0 Å². The van der Waals surface area contributed by atoms with Crippen LogP contribution in [0.3, 0.4) is 0 Å². The van der Waals surface area contributed by atoms with Gasteiger partial charge < -0.3 is 0 Å². The summed E-state index contributed by atoms with van der Waals surface area (Å²) in [5.74, 6) is 0. The first kappa shape index (κ1) is 11.3. The Morgan fingerprint density at radius 3 is 2.53 bits per heavy atom. The summed E-state index contributed by atoms with van der Waals surface area (Å²) in [4.78, 5) is 14.5. The maximum absolute atomic E-state index is 11.7. The van der Waals surface area contributed by atoms with Crippen molar-refractivity contribution in [1.29, 1.82) is 0 Å². The molecule has 1 heterocycles. The number of nitrogens with one attached hydrogen (secondary N) is 2. The molecule has 0 saturated carbocycles. The van der Waals surface area contributed by atoms with E-state index in [1.54, 1.807) is 6.07 Å². The Bertz CT molecular complexity index is 566. The van der Waals surface area contributed by atoms with E-state index in [4.69, 9.17) is 0 Å². The molecule has 2 N–H and O–H groups in total. The SMILES string of the molecule is O=BCNc1ccc(-c2ccccc2)[nH]c1=O. The molecule has 0 bridgehead atoms. The van der Waals surface area contributed by atoms with E-state index in [0.717, 1.165) is 11.3 Å². The molecule has 4 nitrogen and oxygen atoms in total. The molecule has 1 aromatic carbocycles. The molecule has 2 rings (SSSR count). The number of hydrogen-bond donors (Lipinski definition) is 2. The van der Waals surface area contributed by atoms with Gasteiger partial charge in [0.1, 0.15) is 0 Å². The molecule has 0 aliphatic carbocycles. The van der Waals surface area contributed by atoms with Gasteiger partial charge in [0.05, 0.1) is 0 Å². The van der Waals surface area contributed by atoms with Crippen molar-refractivity contribution in [2.24, 2.45) is 0 Å². The van der Waals surface area contributed by atoms with Crippen LogP contribution in [-0.2, 0) is 4.70 Å². The van der Waals surface area contributed by atoms with Crippen molar-refractivity contribution in [2.45, 2.75) is 0 Å². The molecule has 0 radical (unpaired) electrons. The fourth-order valence-electron chi connectivity index (χ4n) is 1.55. The molecule has 5 heteroatoms. The number of hydrogen-bond acceptors (Lipinski definition) is 3. The van der Waals surface area contributed by atoms with Gasteiger partial charge in [-0.2, -0.15) is 0 Å². The second kappa shape index (κ2) is 5.25. The van der Waals surface area contributed by atoms with E-state index in [9.17, 15) is 9.50 Å². The first-order chi connectivity index (χ1) is 8.31. The Morgan fingerprint density at radius 2 is 1.88 bits per heavy atom. The van der Waals surface area contributed by atoms with Crippen LogP contribution in [0.4, 0.5) is 5.69 Å². The van der Waals surface area contributed by atoms with Crippen molar-refractivity contribution >= 4 is 12.8 Å². The fourth-order valence-corrected chi connectivity index (χ4v) is 1.55. The molecule has 0 aliphatic rings. The van der Waals surface area contributed by atoms with Crippen LogP contribution in [0, 0.1) is 0 Å². The third-order valence-corrected chi connectivity index (χ3v) is 2.37. The van der Waals surface area contributed by atoms with Crippen molar-refractivity contribution in [3.63, 3.8) is 0 Å². The Hall–Kier alpha value is -2.17. The number of H-pyrrole nitrogens is 1. The van der Waals surface area contributed by atoms with Crippen LogP contribution in [0.1, 0.15) is 0 Å². The molecular weight excluding hydrogens is 215 g/mol. The second-order valence-corrected chi connectivity index (χ2v) is 3.53. The van der Waals surface area contributed by atoms with Gasteiger partial charge in [-0.3, -0.25) is 0 Å². The predicted molar refractivity (Wildman–Crippen MR) is 67.4 cm³/mol. The Kier molecular flexibility index (Phi) is 3.50. The number of benzene rings is 1. The van der Waals surface area contributed by atoms with Crippen LogP contribution < -0.4 is 10.9 Å². The molecular formula is C12H11BN2O2. The number of rotatable bonds is 4. The van der Waals surface area contributed by atoms with Crippen molar-refractivity contribution < 1.29 is 4.70 Å². The zero-order valence-corrected chi connectivity index (χ0v) is 9.14. The van der Waals surface area contributed by atoms with Crippen molar-refractivity contribution in [2.75, 3.05) is 11.8 Å². The zero-order chi connectivity index (χ0) is 12.1. The van der Waals surface area contributed by atoms with Gasteiger partial charge in [-0.1, -0.05) is 0 Å². The quantitative estimate of drug-likeness (QED) is 0.775. The third kappa shape index (κ3) is 2.69. The van der Waals surface area contributed by atoms with Gasteiger partial charge in [-0.25, -0.2) is 0 Å². The Balaban J connectivity index is 2.31. The summed E-state index contributed by atoms with van der Waals surface area (Å²) in [6, 6.07) is 13.1. The molecule has 0 saturated heterocycles. The minimum absolute atomic E-state index is 0.133. The summed E-state index contributed by atoms with van der Waals surface area (Å²) in [5, 5.41) is 2.73. The molecule has 0 fully saturated rings. The van der Waals surface area contributed by atoms with Crippen LogP contribution in [0.25, 0.3) is 11.3 Å². The summed E-state index contributed by atoms with van der Waals surface area (Å²) in [6.07, 6.45) is 0.133. The van der Waals surface area contributed by atoms with Gasteiger partial charge in [0, 0.05) is 0 Å². The number of anilines is 1. The molecule has 0 spiro atoms. The van der Waals surface area contributed by atoms with E-state index < -0.39 is 0 Å².